The van der Waals surface area contributed by atoms with Crippen molar-refractivity contribution in [2.24, 2.45) is 5.41 Å². The second kappa shape index (κ2) is 3.42. The number of carbonyl (C=O) groups is 1. The predicted molar refractivity (Wildman–Crippen MR) is 55.6 cm³/mol. The highest BCUT2D eigenvalue weighted by Gasteiger charge is 2.58. The third-order valence-corrected chi connectivity index (χ3v) is 4.90. The standard InChI is InChI=1S/C10H16O3S/c1-14-10(8(11)12)6-9(7-10)2-4-13-5-3-9/h2-7H2,1H3,(H,11,12). The molecule has 3 nitrogen and oxygen atoms in total. The highest BCUT2D eigenvalue weighted by atomic mass is 32.2. The first-order valence-corrected chi connectivity index (χ1v) is 6.21. The Balaban J connectivity index is 2.01. The Kier molecular flexibility index (Phi) is 2.52. The monoisotopic (exact) mass is 216 g/mol. The van der Waals surface area contributed by atoms with Crippen LogP contribution >= 0.6 is 11.8 Å². The van der Waals surface area contributed by atoms with Crippen molar-refractivity contribution in [3.05, 3.63) is 0 Å². The van der Waals surface area contributed by atoms with Gasteiger partial charge in [0.15, 0.2) is 0 Å². The lowest BCUT2D eigenvalue weighted by molar-refractivity contribution is -0.150. The topological polar surface area (TPSA) is 46.5 Å². The maximum Gasteiger partial charge on any atom is 0.319 e. The van der Waals surface area contributed by atoms with Crippen LogP contribution in [0.3, 0.4) is 0 Å². The van der Waals surface area contributed by atoms with Crippen molar-refractivity contribution in [1.82, 2.24) is 0 Å². The average Bonchev–Trinajstić information content (AvgIpc) is 2.14. The number of aliphatic carboxylic acids is 1. The van der Waals surface area contributed by atoms with Gasteiger partial charge >= 0.3 is 5.97 Å². The molecule has 0 unspecified atom stereocenters. The van der Waals surface area contributed by atoms with Gasteiger partial charge in [-0.3, -0.25) is 4.79 Å². The first-order chi connectivity index (χ1) is 6.63. The van der Waals surface area contributed by atoms with Crippen LogP contribution in [0.2, 0.25) is 0 Å². The summed E-state index contributed by atoms with van der Waals surface area (Å²) in [4.78, 5) is 11.1. The Morgan fingerprint density at radius 1 is 1.36 bits per heavy atom. The molecular weight excluding hydrogens is 200 g/mol. The number of carboxylic acids is 1. The first-order valence-electron chi connectivity index (χ1n) is 4.99. The van der Waals surface area contributed by atoms with E-state index in [1.165, 1.54) is 11.8 Å². The van der Waals surface area contributed by atoms with Gasteiger partial charge in [-0.25, -0.2) is 0 Å². The lowest BCUT2D eigenvalue weighted by Crippen LogP contribution is -2.56. The van der Waals surface area contributed by atoms with Crippen LogP contribution in [0.15, 0.2) is 0 Å². The zero-order valence-electron chi connectivity index (χ0n) is 8.41. The molecule has 1 heterocycles. The van der Waals surface area contributed by atoms with Crippen LogP contribution in [-0.4, -0.2) is 35.3 Å². The van der Waals surface area contributed by atoms with Crippen LogP contribution in [-0.2, 0) is 9.53 Å². The number of rotatable bonds is 2. The molecule has 1 N–H and O–H groups in total. The molecule has 80 valence electrons. The lowest BCUT2D eigenvalue weighted by Gasteiger charge is -2.54. The van der Waals surface area contributed by atoms with Gasteiger partial charge < -0.3 is 9.84 Å². The van der Waals surface area contributed by atoms with E-state index in [9.17, 15) is 4.79 Å². The molecule has 0 amide bonds. The van der Waals surface area contributed by atoms with E-state index in [0.717, 1.165) is 38.9 Å². The number of carboxylic acid groups (broad SMARTS) is 1. The fourth-order valence-corrected chi connectivity index (χ4v) is 3.78. The van der Waals surface area contributed by atoms with E-state index in [2.05, 4.69) is 0 Å². The summed E-state index contributed by atoms with van der Waals surface area (Å²) in [5.41, 5.74) is 0.291. The van der Waals surface area contributed by atoms with Crippen molar-refractivity contribution in [3.8, 4) is 0 Å². The molecule has 0 atom stereocenters. The molecule has 1 saturated heterocycles. The van der Waals surface area contributed by atoms with E-state index >= 15 is 0 Å². The van der Waals surface area contributed by atoms with Crippen LogP contribution in [0, 0.1) is 5.41 Å². The van der Waals surface area contributed by atoms with E-state index in [1.54, 1.807) is 0 Å². The van der Waals surface area contributed by atoms with Crippen molar-refractivity contribution in [2.45, 2.75) is 30.4 Å². The van der Waals surface area contributed by atoms with E-state index in [0.29, 0.717) is 5.41 Å². The Hall–Kier alpha value is -0.220. The Bertz CT molecular complexity index is 238. The average molecular weight is 216 g/mol. The van der Waals surface area contributed by atoms with Crippen molar-refractivity contribution in [2.75, 3.05) is 19.5 Å². The quantitative estimate of drug-likeness (QED) is 0.764. The molecule has 0 aromatic heterocycles. The molecule has 1 spiro atoms. The highest BCUT2D eigenvalue weighted by Crippen LogP contribution is 2.59. The summed E-state index contributed by atoms with van der Waals surface area (Å²) in [7, 11) is 0. The second-order valence-electron chi connectivity index (χ2n) is 4.47. The lowest BCUT2D eigenvalue weighted by atomic mass is 9.57. The van der Waals surface area contributed by atoms with Crippen molar-refractivity contribution in [3.63, 3.8) is 0 Å². The van der Waals surface area contributed by atoms with Crippen molar-refractivity contribution < 1.29 is 14.6 Å². The predicted octanol–water partition coefficient (Wildman–Crippen LogP) is 1.76. The third-order valence-electron chi connectivity index (χ3n) is 3.66. The minimum atomic E-state index is -0.637. The second-order valence-corrected chi connectivity index (χ2v) is 5.66. The molecule has 2 fully saturated rings. The van der Waals surface area contributed by atoms with Crippen molar-refractivity contribution >= 4 is 17.7 Å². The molecule has 2 aliphatic rings. The van der Waals surface area contributed by atoms with Crippen LogP contribution in [0.5, 0.6) is 0 Å². The maximum absolute atomic E-state index is 11.1. The fraction of sp³-hybridized carbons (Fsp3) is 0.900. The van der Waals surface area contributed by atoms with Crippen LogP contribution in [0.25, 0.3) is 0 Å². The molecule has 0 aromatic carbocycles. The zero-order valence-corrected chi connectivity index (χ0v) is 9.23. The molecule has 1 aliphatic carbocycles. The van der Waals surface area contributed by atoms with Crippen LogP contribution in [0.1, 0.15) is 25.7 Å². The number of ether oxygens (including phenoxy) is 1. The van der Waals surface area contributed by atoms with Crippen molar-refractivity contribution in [1.29, 1.82) is 0 Å². The summed E-state index contributed by atoms with van der Waals surface area (Å²) in [6.07, 6.45) is 5.66. The molecule has 0 aromatic rings. The highest BCUT2D eigenvalue weighted by molar-refractivity contribution is 8.00. The molecule has 4 heteroatoms. The fourth-order valence-electron chi connectivity index (χ4n) is 2.70. The third kappa shape index (κ3) is 1.44. The van der Waals surface area contributed by atoms with E-state index in [4.69, 9.17) is 9.84 Å². The Morgan fingerprint density at radius 3 is 2.36 bits per heavy atom. The zero-order chi connectivity index (χ0) is 10.2. The first kappa shape index (κ1) is 10.3. The molecule has 14 heavy (non-hydrogen) atoms. The van der Waals surface area contributed by atoms with Gasteiger partial charge in [0.05, 0.1) is 0 Å². The van der Waals surface area contributed by atoms with Gasteiger partial charge in [-0.15, -0.1) is 11.8 Å². The van der Waals surface area contributed by atoms with Gasteiger partial charge in [-0.1, -0.05) is 0 Å². The minimum absolute atomic E-state index is 0.291. The van der Waals surface area contributed by atoms with Gasteiger partial charge in [0.1, 0.15) is 4.75 Å². The van der Waals surface area contributed by atoms with E-state index in [-0.39, 0.29) is 0 Å². The molecule has 1 saturated carbocycles. The molecule has 0 radical (unpaired) electrons. The van der Waals surface area contributed by atoms with Gasteiger partial charge in [-0.05, 0) is 37.4 Å². The van der Waals surface area contributed by atoms with E-state index in [1.807, 2.05) is 6.26 Å². The Labute approximate surface area is 88.2 Å². The normalized spacial score (nSPS) is 28.4. The number of thioether (sulfide) groups is 1. The SMILES string of the molecule is CSC1(C(=O)O)CC2(CCOCC2)C1. The molecule has 2 rings (SSSR count). The van der Waals surface area contributed by atoms with Gasteiger partial charge in [-0.2, -0.15) is 0 Å². The van der Waals surface area contributed by atoms with Crippen LogP contribution in [0.4, 0.5) is 0 Å². The summed E-state index contributed by atoms with van der Waals surface area (Å²) >= 11 is 1.49. The smallest absolute Gasteiger partial charge is 0.319 e. The summed E-state index contributed by atoms with van der Waals surface area (Å²) in [6.45, 7) is 1.62. The summed E-state index contributed by atoms with van der Waals surface area (Å²) in [6, 6.07) is 0. The van der Waals surface area contributed by atoms with Gasteiger partial charge in [0, 0.05) is 13.2 Å². The van der Waals surface area contributed by atoms with Gasteiger partial charge in [0.25, 0.3) is 0 Å². The molecule has 0 bridgehead atoms. The summed E-state index contributed by atoms with van der Waals surface area (Å²) in [5.74, 6) is -0.637. The number of hydrogen-bond donors (Lipinski definition) is 1. The molecular formula is C10H16O3S. The molecule has 1 aliphatic heterocycles. The minimum Gasteiger partial charge on any atom is -0.480 e. The van der Waals surface area contributed by atoms with E-state index < -0.39 is 10.7 Å². The van der Waals surface area contributed by atoms with Crippen LogP contribution < -0.4 is 0 Å². The summed E-state index contributed by atoms with van der Waals surface area (Å²) < 4.78 is 4.82. The van der Waals surface area contributed by atoms with Gasteiger partial charge in [0.2, 0.25) is 0 Å². The largest absolute Gasteiger partial charge is 0.480 e. The maximum atomic E-state index is 11.1. The number of hydrogen-bond acceptors (Lipinski definition) is 3. The summed E-state index contributed by atoms with van der Waals surface area (Å²) in [5, 5.41) is 9.15. The Morgan fingerprint density at radius 2 is 1.93 bits per heavy atom.